The van der Waals surface area contributed by atoms with E-state index in [1.54, 1.807) is 34.0 Å². The summed E-state index contributed by atoms with van der Waals surface area (Å²) in [5.41, 5.74) is 1.11. The highest BCUT2D eigenvalue weighted by Crippen LogP contribution is 2.31. The zero-order valence-corrected chi connectivity index (χ0v) is 14.0. The summed E-state index contributed by atoms with van der Waals surface area (Å²) in [6.45, 7) is 6.42. The maximum Gasteiger partial charge on any atom is 0.179 e. The van der Waals surface area contributed by atoms with Crippen molar-refractivity contribution in [1.82, 2.24) is 4.98 Å². The Morgan fingerprint density at radius 2 is 2.05 bits per heavy atom. The molecule has 3 rings (SSSR count). The van der Waals surface area contributed by atoms with Crippen molar-refractivity contribution >= 4 is 49.2 Å². The molecule has 5 heteroatoms. The Hall–Kier alpha value is -1.04. The van der Waals surface area contributed by atoms with Crippen molar-refractivity contribution in [3.63, 3.8) is 0 Å². The topological polar surface area (TPSA) is 30.0 Å². The number of rotatable bonds is 3. The standard InChI is InChI=1S/C15H15NOS3/c1-15(2,3)13-8-19-14(16-13)6-9(17)11-7-12-10(20-11)4-5-18-12/h4-5,7-8H,6H2,1-3H3. The minimum atomic E-state index is 0.0450. The normalized spacial score (nSPS) is 12.2. The average molecular weight is 321 g/mol. The summed E-state index contributed by atoms with van der Waals surface area (Å²) in [4.78, 5) is 17.8. The fourth-order valence-corrected chi connectivity index (χ4v) is 4.93. The third kappa shape index (κ3) is 2.71. The van der Waals surface area contributed by atoms with E-state index < -0.39 is 0 Å². The van der Waals surface area contributed by atoms with Gasteiger partial charge in [0.25, 0.3) is 0 Å². The van der Waals surface area contributed by atoms with Crippen molar-refractivity contribution < 1.29 is 4.79 Å². The Morgan fingerprint density at radius 1 is 1.25 bits per heavy atom. The fraction of sp³-hybridized carbons (Fsp3) is 0.333. The molecule has 3 aromatic heterocycles. The minimum absolute atomic E-state index is 0.0450. The van der Waals surface area contributed by atoms with Gasteiger partial charge in [0.2, 0.25) is 0 Å². The van der Waals surface area contributed by atoms with Crippen molar-refractivity contribution in [3.05, 3.63) is 38.5 Å². The van der Waals surface area contributed by atoms with Crippen molar-refractivity contribution in [2.45, 2.75) is 32.6 Å². The molecule has 104 valence electrons. The molecule has 0 aliphatic heterocycles. The number of aromatic nitrogens is 1. The molecule has 0 bridgehead atoms. The third-order valence-electron chi connectivity index (χ3n) is 3.05. The van der Waals surface area contributed by atoms with Crippen molar-refractivity contribution in [2.24, 2.45) is 0 Å². The predicted octanol–water partition coefficient (Wildman–Crippen LogP) is 5.14. The molecular formula is C15H15NOS3. The van der Waals surface area contributed by atoms with Gasteiger partial charge in [-0.15, -0.1) is 34.0 Å². The van der Waals surface area contributed by atoms with Gasteiger partial charge in [-0.25, -0.2) is 4.98 Å². The van der Waals surface area contributed by atoms with Crippen LogP contribution in [0.25, 0.3) is 9.40 Å². The van der Waals surface area contributed by atoms with Crippen LogP contribution in [0, 0.1) is 0 Å². The first-order valence-electron chi connectivity index (χ1n) is 6.38. The maximum absolute atomic E-state index is 12.3. The Kier molecular flexibility index (Phi) is 3.52. The second-order valence-corrected chi connectivity index (χ2v) is 8.71. The van der Waals surface area contributed by atoms with Crippen LogP contribution in [0.15, 0.2) is 22.9 Å². The lowest BCUT2D eigenvalue weighted by atomic mass is 9.93. The van der Waals surface area contributed by atoms with Gasteiger partial charge in [0.1, 0.15) is 5.01 Å². The summed E-state index contributed by atoms with van der Waals surface area (Å²) in [6, 6.07) is 4.08. The molecule has 3 aromatic rings. The van der Waals surface area contributed by atoms with Crippen LogP contribution in [0.5, 0.6) is 0 Å². The van der Waals surface area contributed by atoms with Crippen molar-refractivity contribution in [3.8, 4) is 0 Å². The summed E-state index contributed by atoms with van der Waals surface area (Å²) in [5, 5.41) is 5.04. The van der Waals surface area contributed by atoms with Crippen LogP contribution >= 0.6 is 34.0 Å². The molecule has 0 radical (unpaired) electrons. The number of thiophene rings is 2. The lowest BCUT2D eigenvalue weighted by Crippen LogP contribution is -2.12. The third-order valence-corrected chi connectivity index (χ3v) is 6.03. The highest BCUT2D eigenvalue weighted by Gasteiger charge is 2.19. The zero-order chi connectivity index (χ0) is 14.3. The van der Waals surface area contributed by atoms with E-state index in [1.807, 2.05) is 6.07 Å². The minimum Gasteiger partial charge on any atom is -0.293 e. The first-order valence-corrected chi connectivity index (χ1v) is 8.96. The van der Waals surface area contributed by atoms with Gasteiger partial charge in [0.05, 0.1) is 17.0 Å². The smallest absolute Gasteiger partial charge is 0.179 e. The van der Waals surface area contributed by atoms with E-state index in [4.69, 9.17) is 0 Å². The molecule has 0 saturated heterocycles. The van der Waals surface area contributed by atoms with Crippen LogP contribution in [-0.4, -0.2) is 10.8 Å². The SMILES string of the molecule is CC(C)(C)c1csc(CC(=O)c2cc3sccc3s2)n1. The van der Waals surface area contributed by atoms with E-state index in [1.165, 1.54) is 9.40 Å². The first kappa shape index (κ1) is 13.9. The number of thiazole rings is 1. The Bertz CT molecular complexity index is 729. The Balaban J connectivity index is 1.79. The molecule has 3 heterocycles. The number of Topliss-reactive ketones (excluding diaryl/α,β-unsaturated/α-hetero) is 1. The van der Waals surface area contributed by atoms with Crippen molar-refractivity contribution in [1.29, 1.82) is 0 Å². The number of carbonyl (C=O) groups excluding carboxylic acids is 1. The first-order chi connectivity index (χ1) is 9.43. The number of hydrogen-bond acceptors (Lipinski definition) is 5. The summed E-state index contributed by atoms with van der Waals surface area (Å²) in [7, 11) is 0. The zero-order valence-electron chi connectivity index (χ0n) is 11.6. The van der Waals surface area contributed by atoms with Gasteiger partial charge in [0, 0.05) is 20.2 Å². The molecule has 20 heavy (non-hydrogen) atoms. The van der Waals surface area contributed by atoms with E-state index in [0.29, 0.717) is 6.42 Å². The Morgan fingerprint density at radius 3 is 2.70 bits per heavy atom. The molecule has 0 amide bonds. The fourth-order valence-electron chi connectivity index (χ4n) is 1.86. The summed E-state index contributed by atoms with van der Waals surface area (Å²) in [6.07, 6.45) is 0.411. The molecule has 0 aromatic carbocycles. The Labute approximate surface area is 130 Å². The molecular weight excluding hydrogens is 306 g/mol. The maximum atomic E-state index is 12.3. The number of fused-ring (bicyclic) bond motifs is 1. The molecule has 0 spiro atoms. The largest absolute Gasteiger partial charge is 0.293 e. The van der Waals surface area contributed by atoms with Crippen LogP contribution in [0.3, 0.4) is 0 Å². The van der Waals surface area contributed by atoms with Gasteiger partial charge in [0.15, 0.2) is 5.78 Å². The molecule has 0 N–H and O–H groups in total. The number of hydrogen-bond donors (Lipinski definition) is 0. The van der Waals surface area contributed by atoms with Crippen LogP contribution < -0.4 is 0 Å². The summed E-state index contributed by atoms with van der Waals surface area (Å²) in [5.74, 6) is 0.174. The van der Waals surface area contributed by atoms with E-state index in [9.17, 15) is 4.79 Å². The highest BCUT2D eigenvalue weighted by molar-refractivity contribution is 7.27. The average Bonchev–Trinajstić information content (AvgIpc) is 3.00. The second kappa shape index (κ2) is 5.06. The lowest BCUT2D eigenvalue weighted by molar-refractivity contribution is 0.0997. The van der Waals surface area contributed by atoms with Crippen LogP contribution in [0.4, 0.5) is 0 Å². The molecule has 2 nitrogen and oxygen atoms in total. The molecule has 0 unspecified atom stereocenters. The quantitative estimate of drug-likeness (QED) is 0.625. The lowest BCUT2D eigenvalue weighted by Gasteiger charge is -2.14. The van der Waals surface area contributed by atoms with Gasteiger partial charge in [-0.3, -0.25) is 4.79 Å². The van der Waals surface area contributed by atoms with Crippen LogP contribution in [-0.2, 0) is 11.8 Å². The summed E-state index contributed by atoms with van der Waals surface area (Å²) >= 11 is 4.85. The second-order valence-electron chi connectivity index (χ2n) is 5.74. The van der Waals surface area contributed by atoms with Crippen molar-refractivity contribution in [2.75, 3.05) is 0 Å². The molecule has 0 atom stereocenters. The van der Waals surface area contributed by atoms with Crippen LogP contribution in [0.1, 0.15) is 41.1 Å². The number of ketones is 1. The molecule has 0 aliphatic carbocycles. The van der Waals surface area contributed by atoms with Gasteiger partial charge >= 0.3 is 0 Å². The summed E-state index contributed by atoms with van der Waals surface area (Å²) < 4.78 is 2.40. The number of nitrogens with zero attached hydrogens (tertiary/aromatic N) is 1. The van der Waals surface area contributed by atoms with Gasteiger partial charge in [-0.05, 0) is 17.5 Å². The van der Waals surface area contributed by atoms with E-state index >= 15 is 0 Å². The van der Waals surface area contributed by atoms with Crippen LogP contribution in [0.2, 0.25) is 0 Å². The van der Waals surface area contributed by atoms with E-state index in [-0.39, 0.29) is 11.2 Å². The van der Waals surface area contributed by atoms with E-state index in [2.05, 4.69) is 42.6 Å². The molecule has 0 aliphatic rings. The van der Waals surface area contributed by atoms with E-state index in [0.717, 1.165) is 15.6 Å². The molecule has 0 fully saturated rings. The highest BCUT2D eigenvalue weighted by atomic mass is 32.1. The molecule has 0 saturated carbocycles. The monoisotopic (exact) mass is 321 g/mol. The van der Waals surface area contributed by atoms with Gasteiger partial charge in [-0.2, -0.15) is 0 Å². The van der Waals surface area contributed by atoms with Gasteiger partial charge < -0.3 is 0 Å². The number of carbonyl (C=O) groups is 1. The predicted molar refractivity (Wildman–Crippen MR) is 88.6 cm³/mol. The van der Waals surface area contributed by atoms with Gasteiger partial charge in [-0.1, -0.05) is 20.8 Å².